The molecule has 0 amide bonds. The number of thiazole rings is 1. The van der Waals surface area contributed by atoms with E-state index in [-0.39, 0.29) is 5.97 Å². The first-order chi connectivity index (χ1) is 7.72. The number of aryl methyl sites for hydroxylation is 1. The molecule has 0 unspecified atom stereocenters. The Labute approximate surface area is 102 Å². The Kier molecular flexibility index (Phi) is 3.36. The summed E-state index contributed by atoms with van der Waals surface area (Å²) in [5.41, 5.74) is 2.69. The number of thiophene rings is 1. The summed E-state index contributed by atoms with van der Waals surface area (Å²) < 4.78 is 4.90. The van der Waals surface area contributed by atoms with Crippen molar-refractivity contribution in [3.63, 3.8) is 0 Å². The molecule has 3 nitrogen and oxygen atoms in total. The maximum Gasteiger partial charge on any atom is 0.357 e. The summed E-state index contributed by atoms with van der Waals surface area (Å²) in [4.78, 5) is 15.7. The van der Waals surface area contributed by atoms with Gasteiger partial charge in [0, 0.05) is 16.3 Å². The largest absolute Gasteiger partial charge is 0.461 e. The van der Waals surface area contributed by atoms with Crippen LogP contribution in [-0.2, 0) is 4.74 Å². The molecule has 0 atom stereocenters. The topological polar surface area (TPSA) is 39.2 Å². The molecule has 0 aliphatic rings. The lowest BCUT2D eigenvalue weighted by Gasteiger charge is -1.96. The fourth-order valence-corrected chi connectivity index (χ4v) is 3.05. The molecular weight excluding hydrogens is 242 g/mol. The molecule has 0 radical (unpaired) electrons. The van der Waals surface area contributed by atoms with Crippen LogP contribution in [0, 0.1) is 6.92 Å². The molecule has 0 aliphatic carbocycles. The number of rotatable bonds is 3. The SMILES string of the molecule is CCOC(=O)c1csc(-c2cscc2C)n1. The van der Waals surface area contributed by atoms with Gasteiger partial charge in [-0.15, -0.1) is 11.3 Å². The van der Waals surface area contributed by atoms with Crippen LogP contribution in [0.2, 0.25) is 0 Å². The lowest BCUT2D eigenvalue weighted by molar-refractivity contribution is 0.0520. The number of esters is 1. The lowest BCUT2D eigenvalue weighted by atomic mass is 10.2. The van der Waals surface area contributed by atoms with Crippen molar-refractivity contribution in [2.24, 2.45) is 0 Å². The number of hydrogen-bond donors (Lipinski definition) is 0. The average molecular weight is 253 g/mol. The second-order valence-corrected chi connectivity index (χ2v) is 4.83. The molecular formula is C11H11NO2S2. The summed E-state index contributed by atoms with van der Waals surface area (Å²) in [5.74, 6) is -0.349. The second-order valence-electron chi connectivity index (χ2n) is 3.23. The van der Waals surface area contributed by atoms with Crippen LogP contribution in [0.4, 0.5) is 0 Å². The predicted octanol–water partition coefficient (Wildman–Crippen LogP) is 3.36. The van der Waals surface area contributed by atoms with Gasteiger partial charge in [0.2, 0.25) is 0 Å². The van der Waals surface area contributed by atoms with Crippen molar-refractivity contribution in [2.45, 2.75) is 13.8 Å². The Morgan fingerprint density at radius 3 is 2.88 bits per heavy atom. The highest BCUT2D eigenvalue weighted by molar-refractivity contribution is 7.14. The van der Waals surface area contributed by atoms with Crippen molar-refractivity contribution in [2.75, 3.05) is 6.61 Å². The van der Waals surface area contributed by atoms with E-state index in [9.17, 15) is 4.79 Å². The summed E-state index contributed by atoms with van der Waals surface area (Å²) in [6.07, 6.45) is 0. The van der Waals surface area contributed by atoms with Crippen LogP contribution in [0.15, 0.2) is 16.1 Å². The van der Waals surface area contributed by atoms with Crippen LogP contribution in [-0.4, -0.2) is 17.6 Å². The number of hydrogen-bond acceptors (Lipinski definition) is 5. The molecule has 2 aromatic heterocycles. The minimum absolute atomic E-state index is 0.349. The lowest BCUT2D eigenvalue weighted by Crippen LogP contribution is -2.04. The van der Waals surface area contributed by atoms with E-state index in [2.05, 4.69) is 10.4 Å². The zero-order chi connectivity index (χ0) is 11.5. The van der Waals surface area contributed by atoms with Crippen LogP contribution < -0.4 is 0 Å². The third-order valence-corrected chi connectivity index (χ3v) is 3.81. The number of aromatic nitrogens is 1. The molecule has 16 heavy (non-hydrogen) atoms. The van der Waals surface area contributed by atoms with E-state index in [1.165, 1.54) is 16.9 Å². The Balaban J connectivity index is 2.26. The van der Waals surface area contributed by atoms with Gasteiger partial charge in [0.05, 0.1) is 6.61 Å². The van der Waals surface area contributed by atoms with Crippen molar-refractivity contribution in [1.82, 2.24) is 4.98 Å². The molecule has 0 bridgehead atoms. The Morgan fingerprint density at radius 1 is 1.44 bits per heavy atom. The monoisotopic (exact) mass is 253 g/mol. The van der Waals surface area contributed by atoms with Gasteiger partial charge in [-0.1, -0.05) is 0 Å². The summed E-state index contributed by atoms with van der Waals surface area (Å²) >= 11 is 3.11. The zero-order valence-electron chi connectivity index (χ0n) is 9.02. The van der Waals surface area contributed by atoms with Crippen molar-refractivity contribution in [3.05, 3.63) is 27.4 Å². The quantitative estimate of drug-likeness (QED) is 0.787. The molecule has 84 valence electrons. The number of nitrogens with zero attached hydrogens (tertiary/aromatic N) is 1. The summed E-state index contributed by atoms with van der Waals surface area (Å²) in [6, 6.07) is 0. The third kappa shape index (κ3) is 2.15. The smallest absolute Gasteiger partial charge is 0.357 e. The van der Waals surface area contributed by atoms with Crippen molar-refractivity contribution < 1.29 is 9.53 Å². The average Bonchev–Trinajstić information content (AvgIpc) is 2.86. The summed E-state index contributed by atoms with van der Waals surface area (Å²) in [6.45, 7) is 4.20. The molecule has 0 N–H and O–H groups in total. The van der Waals surface area contributed by atoms with Gasteiger partial charge in [0.1, 0.15) is 5.01 Å². The Hall–Kier alpha value is -1.20. The fraction of sp³-hybridized carbons (Fsp3) is 0.273. The van der Waals surface area contributed by atoms with Gasteiger partial charge < -0.3 is 4.74 Å². The summed E-state index contributed by atoms with van der Waals surface area (Å²) in [5, 5.41) is 6.73. The van der Waals surface area contributed by atoms with Crippen LogP contribution in [0.25, 0.3) is 10.6 Å². The molecule has 2 rings (SSSR count). The fourth-order valence-electron chi connectivity index (χ4n) is 1.28. The van der Waals surface area contributed by atoms with E-state index in [1.54, 1.807) is 23.6 Å². The van der Waals surface area contributed by atoms with Gasteiger partial charge in [0.15, 0.2) is 5.69 Å². The molecule has 0 saturated carbocycles. The minimum atomic E-state index is -0.349. The van der Waals surface area contributed by atoms with E-state index in [4.69, 9.17) is 4.74 Å². The van der Waals surface area contributed by atoms with E-state index in [1.807, 2.05) is 12.3 Å². The number of carbonyl (C=O) groups is 1. The van der Waals surface area contributed by atoms with Crippen molar-refractivity contribution >= 4 is 28.6 Å². The van der Waals surface area contributed by atoms with Gasteiger partial charge in [-0.25, -0.2) is 9.78 Å². The molecule has 0 fully saturated rings. The van der Waals surface area contributed by atoms with Gasteiger partial charge in [-0.3, -0.25) is 0 Å². The maximum absolute atomic E-state index is 11.4. The maximum atomic E-state index is 11.4. The van der Waals surface area contributed by atoms with Gasteiger partial charge >= 0.3 is 5.97 Å². The first-order valence-corrected chi connectivity index (χ1v) is 6.70. The molecule has 2 heterocycles. The van der Waals surface area contributed by atoms with E-state index in [0.29, 0.717) is 12.3 Å². The number of ether oxygens (including phenoxy) is 1. The molecule has 0 aliphatic heterocycles. The minimum Gasteiger partial charge on any atom is -0.461 e. The van der Waals surface area contributed by atoms with Crippen LogP contribution >= 0.6 is 22.7 Å². The summed E-state index contributed by atoms with van der Waals surface area (Å²) in [7, 11) is 0. The zero-order valence-corrected chi connectivity index (χ0v) is 10.7. The Bertz CT molecular complexity index is 502. The normalized spacial score (nSPS) is 10.4. The highest BCUT2D eigenvalue weighted by atomic mass is 32.1. The first kappa shape index (κ1) is 11.3. The van der Waals surface area contributed by atoms with Gasteiger partial charge in [0.25, 0.3) is 0 Å². The third-order valence-electron chi connectivity index (χ3n) is 2.07. The van der Waals surface area contributed by atoms with Crippen LogP contribution in [0.5, 0.6) is 0 Å². The van der Waals surface area contributed by atoms with E-state index in [0.717, 1.165) is 10.6 Å². The molecule has 0 aromatic carbocycles. The molecule has 2 aromatic rings. The number of carbonyl (C=O) groups excluding carboxylic acids is 1. The molecule has 0 spiro atoms. The van der Waals surface area contributed by atoms with Crippen molar-refractivity contribution in [3.8, 4) is 10.6 Å². The first-order valence-electron chi connectivity index (χ1n) is 4.88. The van der Waals surface area contributed by atoms with Crippen LogP contribution in [0.1, 0.15) is 23.0 Å². The van der Waals surface area contributed by atoms with Crippen molar-refractivity contribution in [1.29, 1.82) is 0 Å². The van der Waals surface area contributed by atoms with E-state index < -0.39 is 0 Å². The second kappa shape index (κ2) is 4.76. The van der Waals surface area contributed by atoms with E-state index >= 15 is 0 Å². The molecule has 0 saturated heterocycles. The Morgan fingerprint density at radius 2 is 2.25 bits per heavy atom. The highest BCUT2D eigenvalue weighted by Gasteiger charge is 2.13. The predicted molar refractivity (Wildman–Crippen MR) is 66.1 cm³/mol. The van der Waals surface area contributed by atoms with Gasteiger partial charge in [-0.2, -0.15) is 11.3 Å². The molecule has 5 heteroatoms. The standard InChI is InChI=1S/C11H11NO2S2/c1-3-14-11(13)9-6-16-10(12-9)8-5-15-4-7(8)2/h4-6H,3H2,1-2H3. The highest BCUT2D eigenvalue weighted by Crippen LogP contribution is 2.29. The van der Waals surface area contributed by atoms with Crippen LogP contribution in [0.3, 0.4) is 0 Å². The van der Waals surface area contributed by atoms with Gasteiger partial charge in [-0.05, 0) is 24.8 Å².